The molecule has 2 N–H and O–H groups in total. The molecule has 0 radical (unpaired) electrons. The Morgan fingerprint density at radius 1 is 1.00 bits per heavy atom. The largest absolute Gasteiger partial charge is 0.326 e. The standard InChI is InChI=1S/C27H33N3O2/c1-7-13-15-21(9-3)22(10-4)17-18-24(12-6)30-20-19-25(26(30)31)29-27(32)28-23(11-5)16-14-8-2/h7-18,25H,2-4,6,19-20H2,1,5H3,(H2,28,29,32)/b13-7-,16-14-,21-15+,22-17+,23-11+,24-18+. The van der Waals surface area contributed by atoms with Gasteiger partial charge in [0.2, 0.25) is 5.91 Å². The number of likely N-dealkylation sites (tertiary alicyclic amines) is 1. The molecule has 0 bridgehead atoms. The van der Waals surface area contributed by atoms with E-state index in [-0.39, 0.29) is 5.91 Å². The maximum Gasteiger partial charge on any atom is 0.319 e. The number of allylic oxidation sites excluding steroid dienone is 14. The fraction of sp³-hybridized carbons (Fsp3) is 0.185. The van der Waals surface area contributed by atoms with Gasteiger partial charge in [0.15, 0.2) is 0 Å². The molecule has 5 heteroatoms. The van der Waals surface area contributed by atoms with Crippen molar-refractivity contribution < 1.29 is 9.59 Å². The minimum Gasteiger partial charge on any atom is -0.326 e. The van der Waals surface area contributed by atoms with Gasteiger partial charge in [-0.15, -0.1) is 0 Å². The van der Waals surface area contributed by atoms with Crippen LogP contribution in [0.3, 0.4) is 0 Å². The van der Waals surface area contributed by atoms with E-state index in [0.29, 0.717) is 24.4 Å². The molecule has 1 unspecified atom stereocenters. The molecule has 32 heavy (non-hydrogen) atoms. The van der Waals surface area contributed by atoms with Gasteiger partial charge in [0, 0.05) is 17.9 Å². The van der Waals surface area contributed by atoms with E-state index < -0.39 is 12.1 Å². The van der Waals surface area contributed by atoms with Crippen molar-refractivity contribution in [3.63, 3.8) is 0 Å². The minimum absolute atomic E-state index is 0.183. The third-order valence-electron chi connectivity index (χ3n) is 4.69. The van der Waals surface area contributed by atoms with Gasteiger partial charge in [0.1, 0.15) is 6.04 Å². The molecule has 1 rings (SSSR count). The summed E-state index contributed by atoms with van der Waals surface area (Å²) in [7, 11) is 0. The minimum atomic E-state index is -0.610. The van der Waals surface area contributed by atoms with Gasteiger partial charge in [-0.25, -0.2) is 4.79 Å². The van der Waals surface area contributed by atoms with Crippen LogP contribution in [0.1, 0.15) is 20.3 Å². The summed E-state index contributed by atoms with van der Waals surface area (Å²) in [6.45, 7) is 19.4. The lowest BCUT2D eigenvalue weighted by Crippen LogP contribution is -2.45. The van der Waals surface area contributed by atoms with E-state index in [1.54, 1.807) is 47.4 Å². The first kappa shape index (κ1) is 26.2. The third kappa shape index (κ3) is 7.76. The van der Waals surface area contributed by atoms with Crippen LogP contribution >= 0.6 is 0 Å². The summed E-state index contributed by atoms with van der Waals surface area (Å²) in [6.07, 6.45) is 21.9. The SMILES string of the molecule is C=C/C=C\C(=C/C)NC(=O)NC1CCN(/C(C=C)=C/C=C(C=C)/C(C=C)=C/C=C\C)C1=O. The molecule has 1 saturated heterocycles. The Hall–Kier alpha value is -3.86. The van der Waals surface area contributed by atoms with Crippen molar-refractivity contribution in [1.82, 2.24) is 15.5 Å². The second-order valence-corrected chi connectivity index (χ2v) is 6.74. The lowest BCUT2D eigenvalue weighted by atomic mass is 10.0. The summed E-state index contributed by atoms with van der Waals surface area (Å²) in [5.41, 5.74) is 3.04. The van der Waals surface area contributed by atoms with E-state index in [9.17, 15) is 9.59 Å². The van der Waals surface area contributed by atoms with E-state index in [1.165, 1.54) is 0 Å². The van der Waals surface area contributed by atoms with Crippen molar-refractivity contribution in [1.29, 1.82) is 0 Å². The molecule has 1 heterocycles. The first-order valence-electron chi connectivity index (χ1n) is 10.4. The number of urea groups is 1. The van der Waals surface area contributed by atoms with Gasteiger partial charge >= 0.3 is 6.03 Å². The molecule has 168 valence electrons. The van der Waals surface area contributed by atoms with Crippen molar-refractivity contribution >= 4 is 11.9 Å². The topological polar surface area (TPSA) is 61.4 Å². The zero-order valence-electron chi connectivity index (χ0n) is 19.0. The van der Waals surface area contributed by atoms with Crippen LogP contribution in [0.2, 0.25) is 0 Å². The zero-order chi connectivity index (χ0) is 23.9. The Labute approximate surface area is 192 Å². The average Bonchev–Trinajstić information content (AvgIpc) is 3.15. The van der Waals surface area contributed by atoms with Crippen molar-refractivity contribution in [3.05, 3.63) is 122 Å². The molecule has 1 fully saturated rings. The van der Waals surface area contributed by atoms with Crippen LogP contribution in [0.5, 0.6) is 0 Å². The highest BCUT2D eigenvalue weighted by atomic mass is 16.2. The summed E-state index contributed by atoms with van der Waals surface area (Å²) in [5.74, 6) is -0.183. The van der Waals surface area contributed by atoms with Crippen LogP contribution in [0.25, 0.3) is 0 Å². The lowest BCUT2D eigenvalue weighted by Gasteiger charge is -2.18. The van der Waals surface area contributed by atoms with Gasteiger partial charge in [0.05, 0.1) is 0 Å². The van der Waals surface area contributed by atoms with Gasteiger partial charge in [-0.1, -0.05) is 81.0 Å². The molecule has 0 aliphatic carbocycles. The van der Waals surface area contributed by atoms with Crippen molar-refractivity contribution in [2.75, 3.05) is 6.54 Å². The molecule has 1 atom stereocenters. The van der Waals surface area contributed by atoms with Crippen LogP contribution < -0.4 is 10.6 Å². The number of carbonyl (C=O) groups excluding carboxylic acids is 2. The van der Waals surface area contributed by atoms with Crippen molar-refractivity contribution in [2.45, 2.75) is 26.3 Å². The monoisotopic (exact) mass is 431 g/mol. The highest BCUT2D eigenvalue weighted by molar-refractivity contribution is 5.90. The summed E-state index contributed by atoms with van der Waals surface area (Å²) in [5, 5.41) is 5.46. The third-order valence-corrected chi connectivity index (χ3v) is 4.69. The van der Waals surface area contributed by atoms with Crippen molar-refractivity contribution in [2.24, 2.45) is 0 Å². The number of amides is 3. The van der Waals surface area contributed by atoms with E-state index in [2.05, 4.69) is 36.9 Å². The first-order chi connectivity index (χ1) is 15.4. The Balaban J connectivity index is 2.96. The molecule has 0 aromatic rings. The Morgan fingerprint density at radius 2 is 1.69 bits per heavy atom. The van der Waals surface area contributed by atoms with Crippen LogP contribution in [0.4, 0.5) is 4.79 Å². The fourth-order valence-corrected chi connectivity index (χ4v) is 2.98. The molecule has 1 aliphatic heterocycles. The van der Waals surface area contributed by atoms with Crippen LogP contribution in [0.15, 0.2) is 122 Å². The molecule has 5 nitrogen and oxygen atoms in total. The molecular weight excluding hydrogens is 398 g/mol. The number of rotatable bonds is 11. The second kappa shape index (κ2) is 14.2. The Bertz CT molecular complexity index is 927. The molecule has 1 aliphatic rings. The van der Waals surface area contributed by atoms with Gasteiger partial charge in [0.25, 0.3) is 0 Å². The maximum atomic E-state index is 12.9. The van der Waals surface area contributed by atoms with E-state index >= 15 is 0 Å². The quantitative estimate of drug-likeness (QED) is 0.430. The smallest absolute Gasteiger partial charge is 0.319 e. The molecule has 0 aromatic heterocycles. The summed E-state index contributed by atoms with van der Waals surface area (Å²) >= 11 is 0. The number of carbonyl (C=O) groups is 2. The number of hydrogen-bond acceptors (Lipinski definition) is 2. The van der Waals surface area contributed by atoms with Crippen LogP contribution in [-0.4, -0.2) is 29.4 Å². The fourth-order valence-electron chi connectivity index (χ4n) is 2.98. The summed E-state index contributed by atoms with van der Waals surface area (Å²) in [4.78, 5) is 26.8. The van der Waals surface area contributed by atoms with Gasteiger partial charge in [-0.2, -0.15) is 0 Å². The van der Waals surface area contributed by atoms with Gasteiger partial charge < -0.3 is 15.5 Å². The second-order valence-electron chi connectivity index (χ2n) is 6.74. The molecule has 3 amide bonds. The molecule has 0 aromatic carbocycles. The van der Waals surface area contributed by atoms with E-state index in [4.69, 9.17) is 0 Å². The molecule has 0 saturated carbocycles. The normalized spacial score (nSPS) is 18.2. The predicted molar refractivity (Wildman–Crippen MR) is 135 cm³/mol. The maximum absolute atomic E-state index is 12.9. The number of nitrogens with zero attached hydrogens (tertiary/aromatic N) is 1. The lowest BCUT2D eigenvalue weighted by molar-refractivity contribution is -0.127. The predicted octanol–water partition coefficient (Wildman–Crippen LogP) is 5.40. The van der Waals surface area contributed by atoms with Crippen molar-refractivity contribution in [3.8, 4) is 0 Å². The average molecular weight is 432 g/mol. The zero-order valence-corrected chi connectivity index (χ0v) is 19.0. The highest BCUT2D eigenvalue weighted by Crippen LogP contribution is 2.20. The Kier molecular flexibility index (Phi) is 11.6. The van der Waals surface area contributed by atoms with E-state index in [0.717, 1.165) is 11.1 Å². The first-order valence-corrected chi connectivity index (χ1v) is 10.4. The summed E-state index contributed by atoms with van der Waals surface area (Å²) in [6, 6.07) is -1.05. The van der Waals surface area contributed by atoms with Gasteiger partial charge in [-0.05, 0) is 49.6 Å². The number of hydrogen-bond donors (Lipinski definition) is 2. The summed E-state index contributed by atoms with van der Waals surface area (Å²) < 4.78 is 0. The molecule has 0 spiro atoms. The van der Waals surface area contributed by atoms with Crippen LogP contribution in [0, 0.1) is 0 Å². The molecular formula is C27H33N3O2. The van der Waals surface area contributed by atoms with Crippen LogP contribution in [-0.2, 0) is 4.79 Å². The van der Waals surface area contributed by atoms with Gasteiger partial charge in [-0.3, -0.25) is 4.79 Å². The van der Waals surface area contributed by atoms with E-state index in [1.807, 2.05) is 44.2 Å². The Morgan fingerprint density at radius 3 is 2.25 bits per heavy atom. The highest BCUT2D eigenvalue weighted by Gasteiger charge is 2.33. The number of nitrogens with one attached hydrogen (secondary N) is 2.